The van der Waals surface area contributed by atoms with E-state index in [2.05, 4.69) is 5.10 Å². The van der Waals surface area contributed by atoms with Crippen molar-refractivity contribution >= 4 is 5.91 Å². The van der Waals surface area contributed by atoms with Gasteiger partial charge in [-0.1, -0.05) is 0 Å². The number of likely N-dealkylation sites (tertiary alicyclic amines) is 1. The van der Waals surface area contributed by atoms with Gasteiger partial charge in [-0.2, -0.15) is 5.10 Å². The molecule has 2 saturated heterocycles. The molecule has 21 heavy (non-hydrogen) atoms. The maximum absolute atomic E-state index is 12.7. The Morgan fingerprint density at radius 3 is 2.90 bits per heavy atom. The second kappa shape index (κ2) is 5.67. The van der Waals surface area contributed by atoms with E-state index in [1.807, 2.05) is 18.9 Å². The smallest absolute Gasteiger partial charge is 0.228 e. The fraction of sp³-hybridized carbons (Fsp3) is 0.733. The van der Waals surface area contributed by atoms with Crippen LogP contribution < -0.4 is 4.74 Å². The van der Waals surface area contributed by atoms with Crippen LogP contribution in [0.5, 0.6) is 5.88 Å². The number of carbonyl (C=O) groups is 1. The zero-order valence-electron chi connectivity index (χ0n) is 13.0. The molecule has 0 N–H and O–H groups in total. The van der Waals surface area contributed by atoms with Gasteiger partial charge in [0.05, 0.1) is 36.9 Å². The van der Waals surface area contributed by atoms with Crippen LogP contribution in [0.2, 0.25) is 0 Å². The standard InChI is InChI=1S/C15H23N3O3/c1-10-13(15(20-3)17(2)16-10)12-5-4-7-18(12)14(19)11-6-8-21-9-11/h11-12H,4-9H2,1-3H3/t11-,12+/m0/s1. The van der Waals surface area contributed by atoms with E-state index < -0.39 is 0 Å². The van der Waals surface area contributed by atoms with Crippen molar-refractivity contribution in [2.75, 3.05) is 26.9 Å². The van der Waals surface area contributed by atoms with Crippen molar-refractivity contribution in [1.29, 1.82) is 0 Å². The summed E-state index contributed by atoms with van der Waals surface area (Å²) in [5.74, 6) is 1.01. The van der Waals surface area contributed by atoms with E-state index in [1.54, 1.807) is 11.8 Å². The van der Waals surface area contributed by atoms with E-state index in [1.165, 1.54) is 0 Å². The second-order valence-electron chi connectivity index (χ2n) is 5.88. The molecule has 3 rings (SSSR count). The average Bonchev–Trinajstić information content (AvgIpc) is 3.16. The lowest BCUT2D eigenvalue weighted by Gasteiger charge is -2.27. The summed E-state index contributed by atoms with van der Waals surface area (Å²) in [6, 6.07) is 0.0850. The van der Waals surface area contributed by atoms with Crippen molar-refractivity contribution < 1.29 is 14.3 Å². The van der Waals surface area contributed by atoms with Crippen molar-refractivity contribution in [3.8, 4) is 5.88 Å². The van der Waals surface area contributed by atoms with E-state index >= 15 is 0 Å². The number of aromatic nitrogens is 2. The zero-order valence-corrected chi connectivity index (χ0v) is 13.0. The highest BCUT2D eigenvalue weighted by atomic mass is 16.5. The molecule has 1 amide bonds. The third-order valence-corrected chi connectivity index (χ3v) is 4.56. The zero-order chi connectivity index (χ0) is 15.0. The normalized spacial score (nSPS) is 25.6. The molecular weight excluding hydrogens is 270 g/mol. The molecule has 2 fully saturated rings. The van der Waals surface area contributed by atoms with Gasteiger partial charge in [-0.05, 0) is 26.2 Å². The van der Waals surface area contributed by atoms with Gasteiger partial charge in [0, 0.05) is 20.2 Å². The number of hydrogen-bond donors (Lipinski definition) is 0. The predicted molar refractivity (Wildman–Crippen MR) is 77.1 cm³/mol. The Balaban J connectivity index is 1.88. The summed E-state index contributed by atoms with van der Waals surface area (Å²) in [6.07, 6.45) is 2.84. The monoisotopic (exact) mass is 293 g/mol. The first kappa shape index (κ1) is 14.4. The molecule has 3 heterocycles. The Bertz CT molecular complexity index is 535. The number of nitrogens with zero attached hydrogens (tertiary/aromatic N) is 3. The highest BCUT2D eigenvalue weighted by Gasteiger charge is 2.38. The van der Waals surface area contributed by atoms with Crippen LogP contribution in [-0.4, -0.2) is 47.5 Å². The van der Waals surface area contributed by atoms with Crippen molar-refractivity contribution in [1.82, 2.24) is 14.7 Å². The molecule has 6 nitrogen and oxygen atoms in total. The van der Waals surface area contributed by atoms with Gasteiger partial charge in [-0.25, -0.2) is 4.68 Å². The first-order chi connectivity index (χ1) is 10.1. The highest BCUT2D eigenvalue weighted by molar-refractivity contribution is 5.80. The van der Waals surface area contributed by atoms with Gasteiger partial charge in [0.2, 0.25) is 11.8 Å². The predicted octanol–water partition coefficient (Wildman–Crippen LogP) is 1.44. The molecule has 0 radical (unpaired) electrons. The number of rotatable bonds is 3. The fourth-order valence-electron chi connectivity index (χ4n) is 3.57. The molecule has 0 bridgehead atoms. The number of methoxy groups -OCH3 is 1. The molecular formula is C15H23N3O3. The molecule has 0 unspecified atom stereocenters. The van der Waals surface area contributed by atoms with E-state index in [4.69, 9.17) is 9.47 Å². The molecule has 2 atom stereocenters. The van der Waals surface area contributed by atoms with Crippen molar-refractivity contribution in [2.24, 2.45) is 13.0 Å². The van der Waals surface area contributed by atoms with Crippen LogP contribution in [0.3, 0.4) is 0 Å². The van der Waals surface area contributed by atoms with Gasteiger partial charge in [0.15, 0.2) is 0 Å². The fourth-order valence-corrected chi connectivity index (χ4v) is 3.57. The molecule has 6 heteroatoms. The van der Waals surface area contributed by atoms with Crippen LogP contribution >= 0.6 is 0 Å². The number of aryl methyl sites for hydroxylation is 2. The molecule has 2 aliphatic heterocycles. The number of carbonyl (C=O) groups excluding carboxylic acids is 1. The summed E-state index contributed by atoms with van der Waals surface area (Å²) < 4.78 is 12.6. The number of hydrogen-bond acceptors (Lipinski definition) is 4. The Hall–Kier alpha value is -1.56. The minimum Gasteiger partial charge on any atom is -0.481 e. The van der Waals surface area contributed by atoms with Crippen molar-refractivity contribution in [3.63, 3.8) is 0 Å². The topological polar surface area (TPSA) is 56.6 Å². The molecule has 1 aromatic rings. The van der Waals surface area contributed by atoms with Crippen LogP contribution in [0.25, 0.3) is 0 Å². The largest absolute Gasteiger partial charge is 0.481 e. The Morgan fingerprint density at radius 2 is 2.24 bits per heavy atom. The third kappa shape index (κ3) is 2.41. The minimum atomic E-state index is 0.0218. The molecule has 0 spiro atoms. The van der Waals surface area contributed by atoms with Crippen LogP contribution in [0.1, 0.15) is 36.6 Å². The molecule has 2 aliphatic rings. The molecule has 0 aromatic carbocycles. The maximum atomic E-state index is 12.7. The lowest BCUT2D eigenvalue weighted by Crippen LogP contribution is -2.36. The summed E-state index contributed by atoms with van der Waals surface area (Å²) in [5, 5.41) is 4.45. The number of amides is 1. The van der Waals surface area contributed by atoms with Crippen LogP contribution in [-0.2, 0) is 16.6 Å². The third-order valence-electron chi connectivity index (χ3n) is 4.56. The first-order valence-electron chi connectivity index (χ1n) is 7.59. The van der Waals surface area contributed by atoms with Gasteiger partial charge in [0.1, 0.15) is 0 Å². The number of ether oxygens (including phenoxy) is 2. The first-order valence-corrected chi connectivity index (χ1v) is 7.59. The summed E-state index contributed by atoms with van der Waals surface area (Å²) in [7, 11) is 3.53. The second-order valence-corrected chi connectivity index (χ2v) is 5.88. The summed E-state index contributed by atoms with van der Waals surface area (Å²) in [4.78, 5) is 14.7. The van der Waals surface area contributed by atoms with Crippen LogP contribution in [0.4, 0.5) is 0 Å². The van der Waals surface area contributed by atoms with Crippen molar-refractivity contribution in [3.05, 3.63) is 11.3 Å². The van der Waals surface area contributed by atoms with Crippen LogP contribution in [0, 0.1) is 12.8 Å². The Morgan fingerprint density at radius 1 is 1.43 bits per heavy atom. The van der Waals surface area contributed by atoms with Crippen LogP contribution in [0.15, 0.2) is 0 Å². The summed E-state index contributed by atoms with van der Waals surface area (Å²) >= 11 is 0. The SMILES string of the molecule is COc1c([C@H]2CCCN2C(=O)[C@H]2CCOC2)c(C)nn1C. The lowest BCUT2D eigenvalue weighted by atomic mass is 10.0. The minimum absolute atomic E-state index is 0.0218. The molecule has 116 valence electrons. The van der Waals surface area contributed by atoms with E-state index in [9.17, 15) is 4.79 Å². The van der Waals surface area contributed by atoms with Gasteiger partial charge in [-0.3, -0.25) is 4.79 Å². The van der Waals surface area contributed by atoms with Gasteiger partial charge >= 0.3 is 0 Å². The highest BCUT2D eigenvalue weighted by Crippen LogP contribution is 2.39. The average molecular weight is 293 g/mol. The molecule has 0 aliphatic carbocycles. The maximum Gasteiger partial charge on any atom is 0.228 e. The quantitative estimate of drug-likeness (QED) is 0.846. The molecule has 0 saturated carbocycles. The van der Waals surface area contributed by atoms with Crippen molar-refractivity contribution in [2.45, 2.75) is 32.2 Å². The van der Waals surface area contributed by atoms with E-state index in [0.717, 1.165) is 42.9 Å². The molecule has 1 aromatic heterocycles. The Labute approximate surface area is 125 Å². The Kier molecular flexibility index (Phi) is 3.89. The van der Waals surface area contributed by atoms with E-state index in [-0.39, 0.29) is 17.9 Å². The van der Waals surface area contributed by atoms with E-state index in [0.29, 0.717) is 13.2 Å². The summed E-state index contributed by atoms with van der Waals surface area (Å²) in [5.41, 5.74) is 2.01. The van der Waals surface area contributed by atoms with Gasteiger partial charge in [-0.15, -0.1) is 0 Å². The lowest BCUT2D eigenvalue weighted by molar-refractivity contribution is -0.136. The van der Waals surface area contributed by atoms with Gasteiger partial charge < -0.3 is 14.4 Å². The van der Waals surface area contributed by atoms with Gasteiger partial charge in [0.25, 0.3) is 0 Å². The summed E-state index contributed by atoms with van der Waals surface area (Å²) in [6.45, 7) is 4.06.